The van der Waals surface area contributed by atoms with Gasteiger partial charge in [-0.15, -0.1) is 11.3 Å². The number of anilines is 1. The lowest BCUT2D eigenvalue weighted by Crippen LogP contribution is -2.31. The van der Waals surface area contributed by atoms with Crippen molar-refractivity contribution < 1.29 is 9.18 Å². The Hall–Kier alpha value is -3.32. The van der Waals surface area contributed by atoms with E-state index in [0.717, 1.165) is 16.0 Å². The molecule has 0 radical (unpaired) electrons. The van der Waals surface area contributed by atoms with Gasteiger partial charge in [0.05, 0.1) is 11.7 Å². The molecule has 4 rings (SSSR count). The number of rotatable bonds is 4. The Bertz CT molecular complexity index is 1250. The van der Waals surface area contributed by atoms with E-state index in [9.17, 15) is 14.0 Å². The summed E-state index contributed by atoms with van der Waals surface area (Å²) in [6, 6.07) is 14.3. The number of halogens is 1. The van der Waals surface area contributed by atoms with E-state index in [2.05, 4.69) is 10.3 Å². The van der Waals surface area contributed by atoms with E-state index in [1.54, 1.807) is 31.2 Å². The molecule has 2 heterocycles. The third kappa shape index (κ3) is 3.56. The number of aryl methyl sites for hydroxylation is 1. The molecule has 0 saturated carbocycles. The molecule has 2 aromatic carbocycles. The van der Waals surface area contributed by atoms with Crippen LogP contribution in [0.15, 0.2) is 65.7 Å². The van der Waals surface area contributed by atoms with Crippen molar-refractivity contribution in [2.45, 2.75) is 19.9 Å². The summed E-state index contributed by atoms with van der Waals surface area (Å²) in [5.41, 5.74) is 1.83. The van der Waals surface area contributed by atoms with Crippen LogP contribution >= 0.6 is 11.3 Å². The lowest BCUT2D eigenvalue weighted by Gasteiger charge is -2.15. The normalized spacial score (nSPS) is 12.1. The molecule has 0 saturated heterocycles. The lowest BCUT2D eigenvalue weighted by atomic mass is 10.0. The number of hydrogen-bond donors (Lipinski definition) is 1. The molecule has 0 aliphatic rings. The largest absolute Gasteiger partial charge is 0.324 e. The summed E-state index contributed by atoms with van der Waals surface area (Å²) in [6.07, 6.45) is 1.41. The zero-order chi connectivity index (χ0) is 20.5. The van der Waals surface area contributed by atoms with E-state index < -0.39 is 6.04 Å². The average molecular weight is 407 g/mol. The van der Waals surface area contributed by atoms with Crippen LogP contribution in [0.2, 0.25) is 0 Å². The fraction of sp³-hybridized carbons (Fsp3) is 0.136. The predicted octanol–water partition coefficient (Wildman–Crippen LogP) is 4.77. The maximum Gasteiger partial charge on any atom is 0.263 e. The molecule has 1 atom stereocenters. The number of nitrogens with one attached hydrogen (secondary N) is 1. The zero-order valence-electron chi connectivity index (χ0n) is 15.8. The van der Waals surface area contributed by atoms with E-state index >= 15 is 0 Å². The lowest BCUT2D eigenvalue weighted by molar-refractivity contribution is -0.118. The smallest absolute Gasteiger partial charge is 0.263 e. The van der Waals surface area contributed by atoms with Crippen molar-refractivity contribution in [3.8, 4) is 11.1 Å². The van der Waals surface area contributed by atoms with E-state index in [1.807, 2.05) is 25.1 Å². The molecule has 4 aromatic rings. The topological polar surface area (TPSA) is 64.0 Å². The van der Waals surface area contributed by atoms with E-state index in [0.29, 0.717) is 15.9 Å². The van der Waals surface area contributed by atoms with Gasteiger partial charge in [0.25, 0.3) is 5.56 Å². The van der Waals surface area contributed by atoms with Crippen molar-refractivity contribution in [2.75, 3.05) is 5.32 Å². The van der Waals surface area contributed by atoms with Crippen LogP contribution in [0, 0.1) is 12.7 Å². The molecule has 2 aromatic heterocycles. The van der Waals surface area contributed by atoms with Crippen LogP contribution in [-0.2, 0) is 4.79 Å². The Labute approximate surface area is 170 Å². The molecule has 0 bridgehead atoms. The van der Waals surface area contributed by atoms with Crippen LogP contribution < -0.4 is 10.9 Å². The first-order valence-electron chi connectivity index (χ1n) is 9.08. The van der Waals surface area contributed by atoms with Gasteiger partial charge in [0.15, 0.2) is 0 Å². The minimum absolute atomic E-state index is 0.297. The maximum absolute atomic E-state index is 13.3. The first-order chi connectivity index (χ1) is 14.0. The van der Waals surface area contributed by atoms with Crippen LogP contribution in [0.25, 0.3) is 21.3 Å². The Kier molecular flexibility index (Phi) is 4.98. The quantitative estimate of drug-likeness (QED) is 0.530. The Balaban J connectivity index is 1.77. The summed E-state index contributed by atoms with van der Waals surface area (Å²) in [7, 11) is 0. The molecule has 146 valence electrons. The fourth-order valence-electron chi connectivity index (χ4n) is 3.25. The number of amides is 1. The van der Waals surface area contributed by atoms with Gasteiger partial charge in [-0.25, -0.2) is 9.37 Å². The first kappa shape index (κ1) is 19.0. The van der Waals surface area contributed by atoms with Gasteiger partial charge in [-0.05, 0) is 43.7 Å². The van der Waals surface area contributed by atoms with Crippen molar-refractivity contribution in [1.82, 2.24) is 9.55 Å². The van der Waals surface area contributed by atoms with Crippen LogP contribution in [0.1, 0.15) is 17.8 Å². The molecule has 29 heavy (non-hydrogen) atoms. The summed E-state index contributed by atoms with van der Waals surface area (Å²) in [5.74, 6) is -0.651. The zero-order valence-corrected chi connectivity index (χ0v) is 16.7. The van der Waals surface area contributed by atoms with Gasteiger partial charge in [0.1, 0.15) is 16.7 Å². The van der Waals surface area contributed by atoms with E-state index in [1.165, 1.54) is 34.4 Å². The minimum Gasteiger partial charge on any atom is -0.324 e. The van der Waals surface area contributed by atoms with Gasteiger partial charge >= 0.3 is 0 Å². The molecule has 0 fully saturated rings. The SMILES string of the molecule is Cc1sc2ncn([C@@H](C)C(=O)Nc3ccccc3)c(=O)c2c1-c1ccc(F)cc1. The second-order valence-electron chi connectivity index (χ2n) is 6.71. The Morgan fingerprint density at radius 3 is 2.52 bits per heavy atom. The number of aromatic nitrogens is 2. The highest BCUT2D eigenvalue weighted by Gasteiger charge is 2.22. The number of thiophene rings is 1. The molecular formula is C22H18FN3O2S. The Morgan fingerprint density at radius 1 is 1.14 bits per heavy atom. The van der Waals surface area contributed by atoms with Gasteiger partial charge in [-0.3, -0.25) is 14.2 Å². The van der Waals surface area contributed by atoms with Gasteiger partial charge < -0.3 is 5.32 Å². The summed E-state index contributed by atoms with van der Waals surface area (Å²) in [5, 5.41) is 3.25. The van der Waals surface area contributed by atoms with Crippen molar-refractivity contribution in [2.24, 2.45) is 0 Å². The van der Waals surface area contributed by atoms with E-state index in [4.69, 9.17) is 0 Å². The molecule has 1 N–H and O–H groups in total. The van der Waals surface area contributed by atoms with Crippen LogP contribution in [-0.4, -0.2) is 15.5 Å². The molecule has 5 nitrogen and oxygen atoms in total. The minimum atomic E-state index is -0.749. The standard InChI is InChI=1S/C22H18FN3O2S/c1-13(20(27)25-17-6-4-3-5-7-17)26-12-24-21-19(22(26)28)18(14(2)29-21)15-8-10-16(23)11-9-15/h3-13H,1-2H3,(H,25,27)/t13-/m0/s1. The summed E-state index contributed by atoms with van der Waals surface area (Å²) >= 11 is 1.40. The molecule has 1 amide bonds. The highest BCUT2D eigenvalue weighted by Crippen LogP contribution is 2.35. The summed E-state index contributed by atoms with van der Waals surface area (Å²) in [6.45, 7) is 3.56. The second kappa shape index (κ2) is 7.60. The van der Waals surface area contributed by atoms with Gasteiger partial charge in [0.2, 0.25) is 5.91 Å². The second-order valence-corrected chi connectivity index (χ2v) is 7.91. The predicted molar refractivity (Wildman–Crippen MR) is 114 cm³/mol. The van der Waals surface area contributed by atoms with Gasteiger partial charge in [-0.1, -0.05) is 30.3 Å². The fourth-order valence-corrected chi connectivity index (χ4v) is 4.25. The number of fused-ring (bicyclic) bond motifs is 1. The monoisotopic (exact) mass is 407 g/mol. The van der Waals surface area contributed by atoms with Crippen LogP contribution in [0.3, 0.4) is 0 Å². The summed E-state index contributed by atoms with van der Waals surface area (Å²) in [4.78, 5) is 31.9. The molecule has 0 aliphatic carbocycles. The number of benzene rings is 2. The van der Waals surface area contributed by atoms with E-state index in [-0.39, 0.29) is 17.3 Å². The van der Waals surface area contributed by atoms with Gasteiger partial charge in [0, 0.05) is 16.1 Å². The number of carbonyl (C=O) groups is 1. The molecule has 7 heteroatoms. The van der Waals surface area contributed by atoms with Crippen molar-refractivity contribution in [3.05, 3.63) is 82.0 Å². The highest BCUT2D eigenvalue weighted by molar-refractivity contribution is 7.19. The third-order valence-corrected chi connectivity index (χ3v) is 5.80. The van der Waals surface area contributed by atoms with Crippen molar-refractivity contribution >= 4 is 33.1 Å². The van der Waals surface area contributed by atoms with Crippen LogP contribution in [0.4, 0.5) is 10.1 Å². The van der Waals surface area contributed by atoms with Crippen molar-refractivity contribution in [1.29, 1.82) is 0 Å². The highest BCUT2D eigenvalue weighted by atomic mass is 32.1. The molecular weight excluding hydrogens is 389 g/mol. The first-order valence-corrected chi connectivity index (χ1v) is 9.89. The Morgan fingerprint density at radius 2 is 1.83 bits per heavy atom. The average Bonchev–Trinajstić information content (AvgIpc) is 3.06. The molecule has 0 spiro atoms. The van der Waals surface area contributed by atoms with Gasteiger partial charge in [-0.2, -0.15) is 0 Å². The number of para-hydroxylation sites is 1. The third-order valence-electron chi connectivity index (χ3n) is 4.78. The maximum atomic E-state index is 13.3. The molecule has 0 unspecified atom stereocenters. The summed E-state index contributed by atoms with van der Waals surface area (Å²) < 4.78 is 14.7. The number of nitrogens with zero attached hydrogens (tertiary/aromatic N) is 2. The number of hydrogen-bond acceptors (Lipinski definition) is 4. The number of carbonyl (C=O) groups excluding carboxylic acids is 1. The van der Waals surface area contributed by atoms with Crippen LogP contribution in [0.5, 0.6) is 0 Å². The molecule has 0 aliphatic heterocycles. The van der Waals surface area contributed by atoms with Crippen molar-refractivity contribution in [3.63, 3.8) is 0 Å².